The highest BCUT2D eigenvalue weighted by Gasteiger charge is 2.33. The first kappa shape index (κ1) is 14.3. The standard InChI is InChI=1S/C11H6ClF4N3O/c12-5-1-2-7(6(13)3-5)17-10-18-8(11(14,15)16)4-9(20)19-10/h1-4H,(H2,17,18,19,20). The van der Waals surface area contributed by atoms with E-state index in [1.807, 2.05) is 4.98 Å². The van der Waals surface area contributed by atoms with Gasteiger partial charge in [-0.25, -0.2) is 9.37 Å². The average Bonchev–Trinajstić information content (AvgIpc) is 2.31. The van der Waals surface area contributed by atoms with E-state index in [9.17, 15) is 22.4 Å². The predicted molar refractivity (Wildman–Crippen MR) is 64.6 cm³/mol. The smallest absolute Gasteiger partial charge is 0.323 e. The highest BCUT2D eigenvalue weighted by Crippen LogP contribution is 2.27. The van der Waals surface area contributed by atoms with Crippen LogP contribution in [0.5, 0.6) is 0 Å². The third-order valence-electron chi connectivity index (χ3n) is 2.22. The molecular weight excluding hydrogens is 302 g/mol. The third-order valence-corrected chi connectivity index (χ3v) is 2.45. The third kappa shape index (κ3) is 3.27. The molecule has 0 spiro atoms. The number of hydrogen-bond acceptors (Lipinski definition) is 3. The molecule has 0 saturated carbocycles. The quantitative estimate of drug-likeness (QED) is 0.837. The van der Waals surface area contributed by atoms with Gasteiger partial charge in [0.05, 0.1) is 5.69 Å². The number of hydrogen-bond donors (Lipinski definition) is 2. The zero-order valence-electron chi connectivity index (χ0n) is 9.55. The summed E-state index contributed by atoms with van der Waals surface area (Å²) in [5.74, 6) is -1.32. The molecule has 9 heteroatoms. The summed E-state index contributed by atoms with van der Waals surface area (Å²) in [4.78, 5) is 16.3. The number of nitrogens with one attached hydrogen (secondary N) is 2. The summed E-state index contributed by atoms with van der Waals surface area (Å²) < 4.78 is 50.9. The largest absolute Gasteiger partial charge is 0.433 e. The molecular formula is C11H6ClF4N3O. The Morgan fingerprint density at radius 1 is 1.25 bits per heavy atom. The van der Waals surface area contributed by atoms with Crippen LogP contribution in [-0.2, 0) is 6.18 Å². The van der Waals surface area contributed by atoms with Gasteiger partial charge < -0.3 is 5.32 Å². The molecule has 1 aromatic heterocycles. The maximum absolute atomic E-state index is 13.5. The summed E-state index contributed by atoms with van der Waals surface area (Å²) in [6.07, 6.45) is -4.77. The molecule has 2 rings (SSSR count). The molecule has 0 aliphatic rings. The first-order chi connectivity index (χ1) is 9.25. The SMILES string of the molecule is O=c1cc(C(F)(F)F)nc(Nc2ccc(Cl)cc2F)[nH]1. The Labute approximate surface area is 114 Å². The maximum Gasteiger partial charge on any atom is 0.433 e. The minimum Gasteiger partial charge on any atom is -0.323 e. The van der Waals surface area contributed by atoms with Gasteiger partial charge in [0.25, 0.3) is 5.56 Å². The second kappa shape index (κ2) is 5.12. The predicted octanol–water partition coefficient (Wildman–Crippen LogP) is 3.32. The highest BCUT2D eigenvalue weighted by atomic mass is 35.5. The van der Waals surface area contributed by atoms with E-state index in [1.54, 1.807) is 0 Å². The van der Waals surface area contributed by atoms with Gasteiger partial charge in [0.15, 0.2) is 5.69 Å². The van der Waals surface area contributed by atoms with E-state index in [0.717, 1.165) is 6.07 Å². The molecule has 1 heterocycles. The van der Waals surface area contributed by atoms with E-state index in [-0.39, 0.29) is 10.7 Å². The number of rotatable bonds is 2. The van der Waals surface area contributed by atoms with Crippen LogP contribution in [-0.4, -0.2) is 9.97 Å². The second-order valence-corrected chi connectivity index (χ2v) is 4.16. The van der Waals surface area contributed by atoms with E-state index in [0.29, 0.717) is 6.07 Å². The molecule has 0 aliphatic carbocycles. The van der Waals surface area contributed by atoms with Crippen molar-refractivity contribution >= 4 is 23.2 Å². The molecule has 0 aliphatic heterocycles. The summed E-state index contributed by atoms with van der Waals surface area (Å²) in [6.45, 7) is 0. The van der Waals surface area contributed by atoms with Gasteiger partial charge >= 0.3 is 6.18 Å². The zero-order chi connectivity index (χ0) is 14.9. The Hall–Kier alpha value is -2.09. The molecule has 0 amide bonds. The monoisotopic (exact) mass is 307 g/mol. The Bertz CT molecular complexity index is 699. The van der Waals surface area contributed by atoms with Crippen molar-refractivity contribution in [2.45, 2.75) is 6.18 Å². The second-order valence-electron chi connectivity index (χ2n) is 3.73. The number of H-pyrrole nitrogens is 1. The van der Waals surface area contributed by atoms with Crippen LogP contribution in [0.1, 0.15) is 5.69 Å². The Kier molecular flexibility index (Phi) is 3.67. The lowest BCUT2D eigenvalue weighted by Crippen LogP contribution is -2.18. The van der Waals surface area contributed by atoms with Gasteiger partial charge in [0.1, 0.15) is 5.82 Å². The lowest BCUT2D eigenvalue weighted by atomic mass is 10.3. The van der Waals surface area contributed by atoms with Crippen LogP contribution < -0.4 is 10.9 Å². The first-order valence-electron chi connectivity index (χ1n) is 5.16. The summed E-state index contributed by atoms with van der Waals surface area (Å²) in [7, 11) is 0. The molecule has 0 fully saturated rings. The molecule has 2 aromatic rings. The van der Waals surface area contributed by atoms with E-state index < -0.39 is 29.2 Å². The van der Waals surface area contributed by atoms with Gasteiger partial charge in [-0.05, 0) is 18.2 Å². The van der Waals surface area contributed by atoms with Crippen LogP contribution in [0.3, 0.4) is 0 Å². The summed E-state index contributed by atoms with van der Waals surface area (Å²) in [6, 6.07) is 3.82. The fourth-order valence-corrected chi connectivity index (χ4v) is 1.54. The van der Waals surface area contributed by atoms with Crippen LogP contribution in [0.4, 0.5) is 29.2 Å². The summed E-state index contributed by atoms with van der Waals surface area (Å²) in [5.41, 5.74) is -2.56. The Morgan fingerprint density at radius 2 is 1.95 bits per heavy atom. The topological polar surface area (TPSA) is 57.8 Å². The van der Waals surface area contributed by atoms with Crippen LogP contribution in [0.2, 0.25) is 5.02 Å². The van der Waals surface area contributed by atoms with Gasteiger partial charge in [-0.1, -0.05) is 11.6 Å². The molecule has 0 radical (unpaired) electrons. The molecule has 4 nitrogen and oxygen atoms in total. The molecule has 0 atom stereocenters. The molecule has 2 N–H and O–H groups in total. The van der Waals surface area contributed by atoms with Crippen molar-refractivity contribution in [2.24, 2.45) is 0 Å². The van der Waals surface area contributed by atoms with Crippen LogP contribution in [0.15, 0.2) is 29.1 Å². The van der Waals surface area contributed by atoms with Crippen LogP contribution in [0.25, 0.3) is 0 Å². The number of benzene rings is 1. The number of alkyl halides is 3. The Morgan fingerprint density at radius 3 is 2.55 bits per heavy atom. The normalized spacial score (nSPS) is 11.4. The van der Waals surface area contributed by atoms with E-state index in [2.05, 4.69) is 10.3 Å². The van der Waals surface area contributed by atoms with Gasteiger partial charge in [-0.3, -0.25) is 9.78 Å². The Balaban J connectivity index is 2.39. The lowest BCUT2D eigenvalue weighted by Gasteiger charge is -2.09. The average molecular weight is 308 g/mol. The first-order valence-corrected chi connectivity index (χ1v) is 5.54. The molecule has 0 saturated heterocycles. The molecule has 0 bridgehead atoms. The molecule has 20 heavy (non-hydrogen) atoms. The number of nitrogens with zero attached hydrogens (tertiary/aromatic N) is 1. The highest BCUT2D eigenvalue weighted by molar-refractivity contribution is 6.30. The van der Waals surface area contributed by atoms with E-state index in [4.69, 9.17) is 11.6 Å². The van der Waals surface area contributed by atoms with Crippen molar-refractivity contribution in [3.8, 4) is 0 Å². The van der Waals surface area contributed by atoms with Gasteiger partial charge in [0, 0.05) is 11.1 Å². The van der Waals surface area contributed by atoms with Crippen LogP contribution in [0, 0.1) is 5.82 Å². The van der Waals surface area contributed by atoms with Gasteiger partial charge in [0.2, 0.25) is 5.95 Å². The lowest BCUT2D eigenvalue weighted by molar-refractivity contribution is -0.141. The minimum absolute atomic E-state index is 0.124. The number of aromatic amines is 1. The van der Waals surface area contributed by atoms with Crippen molar-refractivity contribution in [1.29, 1.82) is 0 Å². The van der Waals surface area contributed by atoms with Crippen LogP contribution >= 0.6 is 11.6 Å². The van der Waals surface area contributed by atoms with Crippen molar-refractivity contribution < 1.29 is 17.6 Å². The molecule has 1 aromatic carbocycles. The zero-order valence-corrected chi connectivity index (χ0v) is 10.3. The van der Waals surface area contributed by atoms with Crippen molar-refractivity contribution in [3.63, 3.8) is 0 Å². The number of halogens is 5. The molecule has 106 valence electrons. The molecule has 0 unspecified atom stereocenters. The van der Waals surface area contributed by atoms with E-state index in [1.165, 1.54) is 12.1 Å². The summed E-state index contributed by atoms with van der Waals surface area (Å²) >= 11 is 5.54. The maximum atomic E-state index is 13.5. The number of anilines is 2. The van der Waals surface area contributed by atoms with E-state index >= 15 is 0 Å². The number of aromatic nitrogens is 2. The van der Waals surface area contributed by atoms with Crippen molar-refractivity contribution in [1.82, 2.24) is 9.97 Å². The van der Waals surface area contributed by atoms with Gasteiger partial charge in [-0.2, -0.15) is 13.2 Å². The van der Waals surface area contributed by atoms with Crippen molar-refractivity contribution in [2.75, 3.05) is 5.32 Å². The van der Waals surface area contributed by atoms with Crippen molar-refractivity contribution in [3.05, 3.63) is 51.2 Å². The fraction of sp³-hybridized carbons (Fsp3) is 0.0909. The summed E-state index contributed by atoms with van der Waals surface area (Å²) in [5, 5.41) is 2.38. The fourth-order valence-electron chi connectivity index (χ4n) is 1.38. The van der Waals surface area contributed by atoms with Gasteiger partial charge in [-0.15, -0.1) is 0 Å². The minimum atomic E-state index is -4.77.